The zero-order valence-electron chi connectivity index (χ0n) is 10.0. The SMILES string of the molecule is Cc1ccc(C(=O)NNC(=O)C2CC2)c(C)c1. The van der Waals surface area contributed by atoms with Gasteiger partial charge in [-0.3, -0.25) is 20.4 Å². The van der Waals surface area contributed by atoms with Crippen LogP contribution in [0.2, 0.25) is 0 Å². The summed E-state index contributed by atoms with van der Waals surface area (Å²) in [6.45, 7) is 3.86. The van der Waals surface area contributed by atoms with Crippen LogP contribution in [0.15, 0.2) is 18.2 Å². The Hall–Kier alpha value is -1.84. The van der Waals surface area contributed by atoms with E-state index in [4.69, 9.17) is 0 Å². The third-order valence-corrected chi connectivity index (χ3v) is 2.87. The van der Waals surface area contributed by atoms with Crippen LogP contribution in [0.3, 0.4) is 0 Å². The highest BCUT2D eigenvalue weighted by atomic mass is 16.2. The Morgan fingerprint density at radius 1 is 1.18 bits per heavy atom. The fourth-order valence-corrected chi connectivity index (χ4v) is 1.70. The summed E-state index contributed by atoms with van der Waals surface area (Å²) < 4.78 is 0. The van der Waals surface area contributed by atoms with Gasteiger partial charge in [-0.1, -0.05) is 17.7 Å². The Labute approximate surface area is 100 Å². The Morgan fingerprint density at radius 2 is 1.88 bits per heavy atom. The van der Waals surface area contributed by atoms with Gasteiger partial charge >= 0.3 is 0 Å². The number of rotatable bonds is 2. The molecule has 0 spiro atoms. The molecule has 1 aromatic carbocycles. The molecule has 0 unspecified atom stereocenters. The summed E-state index contributed by atoms with van der Waals surface area (Å²) in [5.74, 6) is -0.269. The maximum Gasteiger partial charge on any atom is 0.269 e. The van der Waals surface area contributed by atoms with Gasteiger partial charge in [0.2, 0.25) is 5.91 Å². The number of hydrogen-bond acceptors (Lipinski definition) is 2. The topological polar surface area (TPSA) is 58.2 Å². The average molecular weight is 232 g/mol. The minimum Gasteiger partial charge on any atom is -0.273 e. The van der Waals surface area contributed by atoms with E-state index in [2.05, 4.69) is 10.9 Å². The van der Waals surface area contributed by atoms with Gasteiger partial charge in [-0.15, -0.1) is 0 Å². The van der Waals surface area contributed by atoms with Crippen molar-refractivity contribution >= 4 is 11.8 Å². The highest BCUT2D eigenvalue weighted by Crippen LogP contribution is 2.28. The van der Waals surface area contributed by atoms with Crippen molar-refractivity contribution in [2.24, 2.45) is 5.92 Å². The molecule has 1 fully saturated rings. The second-order valence-electron chi connectivity index (χ2n) is 4.54. The van der Waals surface area contributed by atoms with Gasteiger partial charge in [0.1, 0.15) is 0 Å². The third kappa shape index (κ3) is 2.84. The van der Waals surface area contributed by atoms with Crippen LogP contribution < -0.4 is 10.9 Å². The van der Waals surface area contributed by atoms with E-state index >= 15 is 0 Å². The van der Waals surface area contributed by atoms with Crippen LogP contribution in [-0.4, -0.2) is 11.8 Å². The van der Waals surface area contributed by atoms with Crippen molar-refractivity contribution in [1.82, 2.24) is 10.9 Å². The van der Waals surface area contributed by atoms with Crippen molar-refractivity contribution in [3.63, 3.8) is 0 Å². The van der Waals surface area contributed by atoms with E-state index < -0.39 is 0 Å². The minimum atomic E-state index is -0.267. The lowest BCUT2D eigenvalue weighted by Crippen LogP contribution is -2.42. The molecular formula is C13H16N2O2. The summed E-state index contributed by atoms with van der Waals surface area (Å²) in [5, 5.41) is 0. The second kappa shape index (κ2) is 4.57. The first-order chi connectivity index (χ1) is 8.08. The minimum absolute atomic E-state index is 0.0921. The first-order valence-electron chi connectivity index (χ1n) is 5.75. The van der Waals surface area contributed by atoms with Crippen LogP contribution in [-0.2, 0) is 4.79 Å². The van der Waals surface area contributed by atoms with Crippen molar-refractivity contribution in [2.75, 3.05) is 0 Å². The Kier molecular flexibility index (Phi) is 3.13. The predicted octanol–water partition coefficient (Wildman–Crippen LogP) is 1.47. The van der Waals surface area contributed by atoms with Crippen LogP contribution in [0.4, 0.5) is 0 Å². The van der Waals surface area contributed by atoms with Crippen LogP contribution in [0.25, 0.3) is 0 Å². The highest BCUT2D eigenvalue weighted by molar-refractivity contribution is 5.97. The second-order valence-corrected chi connectivity index (χ2v) is 4.54. The maximum absolute atomic E-state index is 11.8. The molecule has 0 atom stereocenters. The van der Waals surface area contributed by atoms with Gasteiger partial charge in [0, 0.05) is 11.5 Å². The van der Waals surface area contributed by atoms with E-state index in [1.807, 2.05) is 26.0 Å². The van der Waals surface area contributed by atoms with E-state index in [-0.39, 0.29) is 17.7 Å². The third-order valence-electron chi connectivity index (χ3n) is 2.87. The monoisotopic (exact) mass is 232 g/mol. The van der Waals surface area contributed by atoms with Gasteiger partial charge in [-0.05, 0) is 38.3 Å². The van der Waals surface area contributed by atoms with Gasteiger partial charge in [-0.2, -0.15) is 0 Å². The fourth-order valence-electron chi connectivity index (χ4n) is 1.70. The number of nitrogens with one attached hydrogen (secondary N) is 2. The smallest absolute Gasteiger partial charge is 0.269 e. The first-order valence-corrected chi connectivity index (χ1v) is 5.75. The number of carbonyl (C=O) groups excluding carboxylic acids is 2. The molecule has 2 N–H and O–H groups in total. The summed E-state index contributed by atoms with van der Waals surface area (Å²) in [4.78, 5) is 23.2. The Balaban J connectivity index is 1.96. The standard InChI is InChI=1S/C13H16N2O2/c1-8-3-6-11(9(2)7-8)13(17)15-14-12(16)10-4-5-10/h3,6-7,10H,4-5H2,1-2H3,(H,14,16)(H,15,17). The number of hydrazine groups is 1. The molecule has 1 saturated carbocycles. The van der Waals surface area contributed by atoms with Crippen LogP contribution in [0.5, 0.6) is 0 Å². The summed E-state index contributed by atoms with van der Waals surface area (Å²) in [7, 11) is 0. The van der Waals surface area contributed by atoms with Gasteiger partial charge in [0.05, 0.1) is 0 Å². The molecule has 0 aliphatic heterocycles. The molecule has 2 amide bonds. The number of amides is 2. The molecule has 0 heterocycles. The molecule has 0 saturated heterocycles. The molecular weight excluding hydrogens is 216 g/mol. The first kappa shape index (κ1) is 11.6. The molecule has 2 rings (SSSR count). The van der Waals surface area contributed by atoms with Gasteiger partial charge < -0.3 is 0 Å². The molecule has 90 valence electrons. The maximum atomic E-state index is 11.8. The average Bonchev–Trinajstić information content (AvgIpc) is 3.09. The van der Waals surface area contributed by atoms with Gasteiger partial charge in [-0.25, -0.2) is 0 Å². The Morgan fingerprint density at radius 3 is 2.47 bits per heavy atom. The molecule has 0 aromatic heterocycles. The summed E-state index contributed by atoms with van der Waals surface area (Å²) in [6, 6.07) is 5.59. The molecule has 1 aliphatic rings. The molecule has 1 aliphatic carbocycles. The van der Waals surface area contributed by atoms with E-state index in [0.29, 0.717) is 5.56 Å². The normalized spacial score (nSPS) is 14.2. The molecule has 4 nitrogen and oxygen atoms in total. The number of hydrogen-bond donors (Lipinski definition) is 2. The lowest BCUT2D eigenvalue weighted by molar-refractivity contribution is -0.123. The van der Waals surface area contributed by atoms with Gasteiger partial charge in [0.25, 0.3) is 5.91 Å². The predicted molar refractivity (Wildman–Crippen MR) is 64.2 cm³/mol. The molecule has 4 heteroatoms. The van der Waals surface area contributed by atoms with E-state index in [1.165, 1.54) is 0 Å². The van der Waals surface area contributed by atoms with Crippen LogP contribution in [0, 0.1) is 19.8 Å². The van der Waals surface area contributed by atoms with Crippen LogP contribution >= 0.6 is 0 Å². The van der Waals surface area contributed by atoms with Crippen LogP contribution in [0.1, 0.15) is 34.3 Å². The van der Waals surface area contributed by atoms with Crippen molar-refractivity contribution < 1.29 is 9.59 Å². The molecule has 0 radical (unpaired) electrons. The van der Waals surface area contributed by atoms with Crippen molar-refractivity contribution in [1.29, 1.82) is 0 Å². The van der Waals surface area contributed by atoms with Crippen molar-refractivity contribution in [3.8, 4) is 0 Å². The fraction of sp³-hybridized carbons (Fsp3) is 0.385. The van der Waals surface area contributed by atoms with E-state index in [9.17, 15) is 9.59 Å². The largest absolute Gasteiger partial charge is 0.273 e. The quantitative estimate of drug-likeness (QED) is 0.759. The Bertz CT molecular complexity index is 464. The number of benzene rings is 1. The zero-order valence-corrected chi connectivity index (χ0v) is 10.0. The number of carbonyl (C=O) groups is 2. The van der Waals surface area contributed by atoms with E-state index in [1.54, 1.807) is 6.07 Å². The lowest BCUT2D eigenvalue weighted by atomic mass is 10.1. The molecule has 0 bridgehead atoms. The summed E-state index contributed by atoms with van der Waals surface area (Å²) in [5.41, 5.74) is 7.50. The van der Waals surface area contributed by atoms with Crippen molar-refractivity contribution in [3.05, 3.63) is 34.9 Å². The van der Waals surface area contributed by atoms with Gasteiger partial charge in [0.15, 0.2) is 0 Å². The number of aryl methyl sites for hydroxylation is 2. The summed E-state index contributed by atoms with van der Waals surface area (Å²) in [6.07, 6.45) is 1.84. The van der Waals surface area contributed by atoms with Crippen molar-refractivity contribution in [2.45, 2.75) is 26.7 Å². The molecule has 17 heavy (non-hydrogen) atoms. The lowest BCUT2D eigenvalue weighted by Gasteiger charge is -2.09. The zero-order chi connectivity index (χ0) is 12.4. The van der Waals surface area contributed by atoms with E-state index in [0.717, 1.165) is 24.0 Å². The molecule has 1 aromatic rings. The summed E-state index contributed by atoms with van der Waals surface area (Å²) >= 11 is 0. The highest BCUT2D eigenvalue weighted by Gasteiger charge is 2.29.